The Bertz CT molecular complexity index is 2370. The average molecular weight is 1140 g/mol. The van der Waals surface area contributed by atoms with Crippen molar-refractivity contribution in [2.45, 2.75) is 113 Å². The van der Waals surface area contributed by atoms with Crippen molar-refractivity contribution < 1.29 is 67.4 Å². The number of nitrogens with two attached hydrogens (primary N) is 6. The highest BCUT2D eigenvalue weighted by atomic mass is 32.1. The van der Waals surface area contributed by atoms with Gasteiger partial charge in [-0.2, -0.15) is 25.3 Å². The number of carbonyl (C=O) groups excluding carboxylic acids is 11. The number of ether oxygens (including phenoxy) is 1. The van der Waals surface area contributed by atoms with E-state index in [1.54, 1.807) is 24.3 Å². The molecular formula is C45H71N17O14S2. The van der Waals surface area contributed by atoms with Crippen molar-refractivity contribution >= 4 is 108 Å². The molecule has 432 valence electrons. The third kappa shape index (κ3) is 23.8. The number of guanidine groups is 2. The van der Waals surface area contributed by atoms with E-state index in [9.17, 15) is 62.6 Å². The molecular weight excluding hydrogens is 1070 g/mol. The maximum absolute atomic E-state index is 14.1. The normalized spacial score (nSPS) is 15.3. The van der Waals surface area contributed by atoms with Gasteiger partial charge in [-0.3, -0.25) is 67.5 Å². The first-order chi connectivity index (χ1) is 36.8. The van der Waals surface area contributed by atoms with Crippen LogP contribution >= 0.6 is 25.3 Å². The number of hydrogen-bond acceptors (Lipinski definition) is 17. The topological polar surface area (TPSA) is 515 Å². The van der Waals surface area contributed by atoms with Crippen molar-refractivity contribution in [2.24, 2.45) is 44.4 Å². The Kier molecular flexibility index (Phi) is 28.6. The fraction of sp³-hybridized carbons (Fsp3) is 0.556. The van der Waals surface area contributed by atoms with E-state index in [0.29, 0.717) is 11.3 Å². The van der Waals surface area contributed by atoms with E-state index in [1.807, 2.05) is 0 Å². The number of aliphatic carboxylic acids is 1. The van der Waals surface area contributed by atoms with Crippen LogP contribution in [0.2, 0.25) is 0 Å². The van der Waals surface area contributed by atoms with Crippen LogP contribution in [0.5, 0.6) is 5.75 Å². The van der Waals surface area contributed by atoms with Crippen LogP contribution in [0.4, 0.5) is 0 Å². The van der Waals surface area contributed by atoms with Gasteiger partial charge in [0, 0.05) is 44.5 Å². The predicted octanol–water partition coefficient (Wildman–Crippen LogP) is -7.44. The van der Waals surface area contributed by atoms with Gasteiger partial charge in [-0.15, -0.1) is 0 Å². The van der Waals surface area contributed by atoms with Crippen LogP contribution in [-0.4, -0.2) is 186 Å². The van der Waals surface area contributed by atoms with Crippen LogP contribution in [-0.2, 0) is 64.0 Å². The maximum atomic E-state index is 14.1. The summed E-state index contributed by atoms with van der Waals surface area (Å²) in [7, 11) is 1.42. The smallest absolute Gasteiger partial charge is 0.305 e. The molecule has 33 heteroatoms. The Hall–Kier alpha value is -8.10. The highest BCUT2D eigenvalue weighted by Crippen LogP contribution is 2.20. The molecule has 0 aromatic heterocycles. The lowest BCUT2D eigenvalue weighted by molar-refractivity contribution is -0.143. The number of thiol groups is 2. The molecule has 1 heterocycles. The summed E-state index contributed by atoms with van der Waals surface area (Å²) in [4.78, 5) is 166. The van der Waals surface area contributed by atoms with E-state index >= 15 is 0 Å². The molecule has 0 radical (unpaired) electrons. The lowest BCUT2D eigenvalue weighted by atomic mass is 10.0. The zero-order valence-corrected chi connectivity index (χ0v) is 44.8. The molecule has 1 aromatic rings. The Morgan fingerprint density at radius 3 is 1.68 bits per heavy atom. The summed E-state index contributed by atoms with van der Waals surface area (Å²) in [6, 6.07) is -5.25. The van der Waals surface area contributed by atoms with Crippen LogP contribution in [0.15, 0.2) is 34.3 Å². The summed E-state index contributed by atoms with van der Waals surface area (Å²) < 4.78 is 5.20. The SMILES string of the molecule is COc1ccc(C[C@H](NC(=O)[C@H](CC(=O)O)NC(=O)CNC(=O)[C@H](CCCN=C(N)N)NC(=O)[C@@H]2CCCN2C(=O)[C@H](CC(N)=O)NC(=O)[C@H](CS)NC(C)=O)C(=O)N[C@@H](CCCN=C(N)N)C(=O)N[C@@H](CS)C(N)=O)cc1. The average Bonchev–Trinajstić information content (AvgIpc) is 3.88. The quantitative estimate of drug-likeness (QED) is 0.0132. The molecule has 78 heavy (non-hydrogen) atoms. The maximum Gasteiger partial charge on any atom is 0.305 e. The van der Waals surface area contributed by atoms with Crippen molar-refractivity contribution in [1.29, 1.82) is 0 Å². The fourth-order valence-corrected chi connectivity index (χ4v) is 8.11. The summed E-state index contributed by atoms with van der Waals surface area (Å²) in [6.45, 7) is 0.251. The molecule has 0 bridgehead atoms. The fourth-order valence-electron chi connectivity index (χ4n) is 7.58. The number of nitrogens with zero attached hydrogens (tertiary/aromatic N) is 3. The molecule has 0 aliphatic carbocycles. The number of methoxy groups -OCH3 is 1. The van der Waals surface area contributed by atoms with Crippen molar-refractivity contribution in [3.63, 3.8) is 0 Å². The first-order valence-corrected chi connectivity index (χ1v) is 25.5. The van der Waals surface area contributed by atoms with E-state index in [1.165, 1.54) is 7.11 Å². The minimum atomic E-state index is -1.89. The minimum absolute atomic E-state index is 0.0146. The Morgan fingerprint density at radius 2 is 1.17 bits per heavy atom. The van der Waals surface area contributed by atoms with Crippen LogP contribution < -0.4 is 81.7 Å². The first kappa shape index (κ1) is 66.0. The number of benzene rings is 1. The number of nitrogens with one attached hydrogen (secondary N) is 8. The van der Waals surface area contributed by atoms with Gasteiger partial charge >= 0.3 is 5.97 Å². The highest BCUT2D eigenvalue weighted by Gasteiger charge is 2.40. The minimum Gasteiger partial charge on any atom is -0.497 e. The van der Waals surface area contributed by atoms with Gasteiger partial charge in [0.2, 0.25) is 65.0 Å². The summed E-state index contributed by atoms with van der Waals surface area (Å²) >= 11 is 8.10. The van der Waals surface area contributed by atoms with E-state index in [4.69, 9.17) is 39.1 Å². The number of likely N-dealkylation sites (tertiary alicyclic amines) is 1. The number of primary amides is 2. The molecule has 8 atom stereocenters. The second-order valence-corrected chi connectivity index (χ2v) is 18.3. The molecule has 1 saturated heterocycles. The molecule has 1 aromatic carbocycles. The van der Waals surface area contributed by atoms with Crippen LogP contribution in [0.25, 0.3) is 0 Å². The molecule has 31 nitrogen and oxygen atoms in total. The van der Waals surface area contributed by atoms with Gasteiger partial charge in [-0.1, -0.05) is 12.1 Å². The molecule has 1 aliphatic rings. The molecule has 2 rings (SSSR count). The number of amides is 11. The molecule has 1 fully saturated rings. The number of aliphatic imine (C=N–C) groups is 2. The third-order valence-corrected chi connectivity index (χ3v) is 12.1. The van der Waals surface area contributed by atoms with Crippen molar-refractivity contribution in [2.75, 3.05) is 44.8 Å². The van der Waals surface area contributed by atoms with E-state index < -0.39 is 139 Å². The number of rotatable bonds is 34. The molecule has 1 aliphatic heterocycles. The molecule has 0 unspecified atom stereocenters. The van der Waals surface area contributed by atoms with Crippen molar-refractivity contribution in [3.8, 4) is 5.75 Å². The molecule has 0 spiro atoms. The van der Waals surface area contributed by atoms with Crippen molar-refractivity contribution in [3.05, 3.63) is 29.8 Å². The predicted molar refractivity (Wildman–Crippen MR) is 286 cm³/mol. The monoisotopic (exact) mass is 1140 g/mol. The lowest BCUT2D eigenvalue weighted by Crippen LogP contribution is -2.59. The Labute approximate surface area is 459 Å². The van der Waals surface area contributed by atoms with Gasteiger partial charge in [0.15, 0.2) is 11.9 Å². The van der Waals surface area contributed by atoms with Crippen LogP contribution in [0.3, 0.4) is 0 Å². The van der Waals surface area contributed by atoms with Gasteiger partial charge in [0.05, 0.1) is 26.5 Å². The second kappa shape index (κ2) is 33.8. The van der Waals surface area contributed by atoms with Gasteiger partial charge < -0.3 is 91.7 Å². The summed E-state index contributed by atoms with van der Waals surface area (Å²) in [6.07, 6.45) is -1.65. The zero-order valence-electron chi connectivity index (χ0n) is 43.0. The number of carbonyl (C=O) groups is 12. The molecule has 21 N–H and O–H groups in total. The summed E-state index contributed by atoms with van der Waals surface area (Å²) in [5, 5.41) is 29.0. The van der Waals surface area contributed by atoms with E-state index in [0.717, 1.165) is 11.8 Å². The van der Waals surface area contributed by atoms with Gasteiger partial charge in [-0.05, 0) is 56.2 Å². The van der Waals surface area contributed by atoms with Crippen LogP contribution in [0.1, 0.15) is 63.9 Å². The van der Waals surface area contributed by atoms with E-state index in [-0.39, 0.29) is 88.0 Å². The highest BCUT2D eigenvalue weighted by molar-refractivity contribution is 7.80. The largest absolute Gasteiger partial charge is 0.497 e. The van der Waals surface area contributed by atoms with Gasteiger partial charge in [-0.25, -0.2) is 0 Å². The Balaban J connectivity index is 2.38. The Morgan fingerprint density at radius 1 is 0.654 bits per heavy atom. The van der Waals surface area contributed by atoms with E-state index in [2.05, 4.69) is 77.8 Å². The second-order valence-electron chi connectivity index (χ2n) is 17.6. The summed E-state index contributed by atoms with van der Waals surface area (Å²) in [5.74, 6) is -12.1. The summed E-state index contributed by atoms with van der Waals surface area (Å²) in [5.41, 5.74) is 32.9. The van der Waals surface area contributed by atoms with Gasteiger partial charge in [0.1, 0.15) is 54.1 Å². The lowest BCUT2D eigenvalue weighted by Gasteiger charge is -2.30. The third-order valence-electron chi connectivity index (χ3n) is 11.4. The molecule has 0 saturated carbocycles. The standard InChI is InChI=1S/C45H71N17O14S2/c1-22(63)55-31(21-78)41(73)60-29(17-33(46)64)43(75)62-15-5-8-32(62)42(74)58-25(6-3-13-52-44(48)49)37(69)54-19-34(65)56-28(18-35(66)67)40(72)59-27(16-23-9-11-24(76-2)12-10-23)39(71)57-26(7-4-14-53-45(50)51)38(70)61-30(20-77)36(47)68/h9-12,25-32,77-78H,3-8,13-21H2,1-2H3,(H2,46,64)(H2,47,68)(H,54,69)(H,55,63)(H,56,65)(H,57,71)(H,58,74)(H,59,72)(H,60,73)(H,61,70)(H,66,67)(H4,48,49,52)(H4,50,51,53)/t25-,26-,27-,28-,29-,30-,31-,32-/m0/s1. The van der Waals surface area contributed by atoms with Crippen molar-refractivity contribution in [1.82, 2.24) is 47.4 Å². The number of carboxylic acid groups (broad SMARTS) is 1. The zero-order chi connectivity index (χ0) is 58.6. The van der Waals surface area contributed by atoms with Crippen LogP contribution in [0, 0.1) is 0 Å². The number of carboxylic acids is 1. The number of hydrogen-bond donors (Lipinski definition) is 17. The van der Waals surface area contributed by atoms with Gasteiger partial charge in [0.25, 0.3) is 0 Å². The molecule has 11 amide bonds. The first-order valence-electron chi connectivity index (χ1n) is 24.2.